The van der Waals surface area contributed by atoms with Crippen molar-refractivity contribution in [3.63, 3.8) is 0 Å². The molecule has 0 saturated heterocycles. The minimum Gasteiger partial charge on any atom is -0.481 e. The summed E-state index contributed by atoms with van der Waals surface area (Å²) in [7, 11) is 2.86. The molecule has 0 bridgehead atoms. The maximum atomic E-state index is 10.9. The van der Waals surface area contributed by atoms with Crippen molar-refractivity contribution in [3.05, 3.63) is 35.9 Å². The number of carboxylic acids is 1. The highest BCUT2D eigenvalue weighted by Crippen LogP contribution is 2.29. The molecule has 0 aliphatic heterocycles. The molecule has 0 amide bonds. The van der Waals surface area contributed by atoms with Gasteiger partial charge < -0.3 is 14.6 Å². The van der Waals surface area contributed by atoms with Crippen LogP contribution in [0.4, 0.5) is 0 Å². The van der Waals surface area contributed by atoms with E-state index in [-0.39, 0.29) is 18.2 Å². The van der Waals surface area contributed by atoms with Crippen LogP contribution in [0.1, 0.15) is 5.56 Å². The van der Waals surface area contributed by atoms with Gasteiger partial charge in [0.25, 0.3) is 0 Å². The van der Waals surface area contributed by atoms with Gasteiger partial charge in [-0.15, -0.1) is 0 Å². The average Bonchev–Trinajstić information content (AvgIpc) is 2.47. The summed E-state index contributed by atoms with van der Waals surface area (Å²) in [5, 5.41) is 8.93. The van der Waals surface area contributed by atoms with Crippen LogP contribution in [0.2, 0.25) is 0 Å². The molecule has 0 unspecified atom stereocenters. The second kappa shape index (κ2) is 6.01. The molecule has 20 heavy (non-hydrogen) atoms. The zero-order chi connectivity index (χ0) is 14.5. The number of aromatic nitrogens is 2. The molecule has 104 valence electrons. The molecule has 0 radical (unpaired) electrons. The highest BCUT2D eigenvalue weighted by molar-refractivity contribution is 5.72. The number of hydrogen-bond acceptors (Lipinski definition) is 5. The fraction of sp³-hybridized carbons (Fsp3) is 0.214. The molecular weight excluding hydrogens is 260 g/mol. The Morgan fingerprint density at radius 3 is 2.10 bits per heavy atom. The van der Waals surface area contributed by atoms with Crippen LogP contribution in [0.25, 0.3) is 11.4 Å². The summed E-state index contributed by atoms with van der Waals surface area (Å²) in [6.45, 7) is 0. The lowest BCUT2D eigenvalue weighted by Crippen LogP contribution is -2.08. The van der Waals surface area contributed by atoms with E-state index in [1.165, 1.54) is 14.2 Å². The molecule has 0 aliphatic rings. The molecule has 6 heteroatoms. The second-order valence-corrected chi connectivity index (χ2v) is 3.98. The van der Waals surface area contributed by atoms with Gasteiger partial charge in [-0.2, -0.15) is 9.97 Å². The van der Waals surface area contributed by atoms with Gasteiger partial charge in [0, 0.05) is 5.56 Å². The molecule has 0 atom stereocenters. The van der Waals surface area contributed by atoms with Crippen molar-refractivity contribution in [2.75, 3.05) is 14.2 Å². The molecule has 0 spiro atoms. The molecule has 1 aromatic carbocycles. The van der Waals surface area contributed by atoms with Crippen LogP contribution in [-0.4, -0.2) is 35.3 Å². The summed E-state index contributed by atoms with van der Waals surface area (Å²) in [4.78, 5) is 19.4. The van der Waals surface area contributed by atoms with Crippen LogP contribution in [-0.2, 0) is 11.2 Å². The van der Waals surface area contributed by atoms with Crippen molar-refractivity contribution in [2.45, 2.75) is 6.42 Å². The normalized spacial score (nSPS) is 10.1. The lowest BCUT2D eigenvalue weighted by molar-refractivity contribution is -0.136. The number of ether oxygens (including phenoxy) is 2. The molecule has 2 rings (SSSR count). The van der Waals surface area contributed by atoms with Gasteiger partial charge >= 0.3 is 5.97 Å². The first kappa shape index (κ1) is 13.8. The van der Waals surface area contributed by atoms with Crippen LogP contribution in [0.15, 0.2) is 30.3 Å². The van der Waals surface area contributed by atoms with Crippen LogP contribution < -0.4 is 9.47 Å². The third-order valence-electron chi connectivity index (χ3n) is 2.68. The van der Waals surface area contributed by atoms with Crippen molar-refractivity contribution < 1.29 is 19.4 Å². The Morgan fingerprint density at radius 1 is 1.10 bits per heavy atom. The van der Waals surface area contributed by atoms with Gasteiger partial charge in [-0.1, -0.05) is 30.3 Å². The van der Waals surface area contributed by atoms with Crippen LogP contribution >= 0.6 is 0 Å². The SMILES string of the molecule is COc1nc(-c2ccccc2)nc(OC)c1CC(=O)O. The monoisotopic (exact) mass is 274 g/mol. The molecule has 0 saturated carbocycles. The van der Waals surface area contributed by atoms with Crippen LogP contribution in [0, 0.1) is 0 Å². The van der Waals surface area contributed by atoms with Crippen molar-refractivity contribution in [1.29, 1.82) is 0 Å². The van der Waals surface area contributed by atoms with Gasteiger partial charge in [0.15, 0.2) is 5.82 Å². The van der Waals surface area contributed by atoms with Crippen molar-refractivity contribution in [2.24, 2.45) is 0 Å². The van der Waals surface area contributed by atoms with Crippen LogP contribution in [0.5, 0.6) is 11.8 Å². The first-order valence-corrected chi connectivity index (χ1v) is 5.91. The fourth-order valence-electron chi connectivity index (χ4n) is 1.80. The molecule has 1 aromatic heterocycles. The number of nitrogens with zero attached hydrogens (tertiary/aromatic N) is 2. The standard InChI is InChI=1S/C14H14N2O4/c1-19-13-10(8-11(17)18)14(20-2)16-12(15-13)9-6-4-3-5-7-9/h3-7H,8H2,1-2H3,(H,17,18). The van der Waals surface area contributed by atoms with Gasteiger partial charge in [-0.25, -0.2) is 0 Å². The highest BCUT2D eigenvalue weighted by atomic mass is 16.5. The minimum atomic E-state index is -1.00. The molecule has 0 fully saturated rings. The first-order chi connectivity index (χ1) is 9.65. The Labute approximate surface area is 116 Å². The number of carboxylic acid groups (broad SMARTS) is 1. The van der Waals surface area contributed by atoms with Gasteiger partial charge in [-0.05, 0) is 0 Å². The summed E-state index contributed by atoms with van der Waals surface area (Å²) >= 11 is 0. The number of methoxy groups -OCH3 is 2. The van der Waals surface area contributed by atoms with E-state index in [1.54, 1.807) is 0 Å². The molecule has 0 aliphatic carbocycles. The largest absolute Gasteiger partial charge is 0.481 e. The summed E-state index contributed by atoms with van der Waals surface area (Å²) in [5.41, 5.74) is 1.12. The van der Waals surface area contributed by atoms with Crippen molar-refractivity contribution >= 4 is 5.97 Å². The van der Waals surface area contributed by atoms with Gasteiger partial charge in [0.1, 0.15) is 0 Å². The predicted molar refractivity (Wildman–Crippen MR) is 71.9 cm³/mol. The first-order valence-electron chi connectivity index (χ1n) is 5.91. The Balaban J connectivity index is 2.55. The Morgan fingerprint density at radius 2 is 1.65 bits per heavy atom. The third kappa shape index (κ3) is 2.85. The van der Waals surface area contributed by atoms with E-state index in [2.05, 4.69) is 9.97 Å². The third-order valence-corrected chi connectivity index (χ3v) is 2.68. The second-order valence-electron chi connectivity index (χ2n) is 3.98. The number of carbonyl (C=O) groups is 1. The van der Waals surface area contributed by atoms with E-state index in [1.807, 2.05) is 30.3 Å². The van der Waals surface area contributed by atoms with Gasteiger partial charge in [-0.3, -0.25) is 4.79 Å². The Kier molecular flexibility index (Phi) is 4.14. The minimum absolute atomic E-state index is 0.207. The quantitative estimate of drug-likeness (QED) is 0.895. The van der Waals surface area contributed by atoms with E-state index < -0.39 is 5.97 Å². The van der Waals surface area contributed by atoms with E-state index in [0.717, 1.165) is 5.56 Å². The van der Waals surface area contributed by atoms with E-state index in [4.69, 9.17) is 14.6 Å². The predicted octanol–water partition coefficient (Wildman–Crippen LogP) is 1.79. The highest BCUT2D eigenvalue weighted by Gasteiger charge is 2.19. The lowest BCUT2D eigenvalue weighted by Gasteiger charge is -2.12. The topological polar surface area (TPSA) is 81.5 Å². The van der Waals surface area contributed by atoms with Gasteiger partial charge in [0.2, 0.25) is 11.8 Å². The molecule has 1 heterocycles. The zero-order valence-electron chi connectivity index (χ0n) is 11.2. The number of aliphatic carboxylic acids is 1. The maximum absolute atomic E-state index is 10.9. The van der Waals surface area contributed by atoms with Crippen LogP contribution in [0.3, 0.4) is 0 Å². The summed E-state index contributed by atoms with van der Waals surface area (Å²) < 4.78 is 10.3. The summed E-state index contributed by atoms with van der Waals surface area (Å²) in [6.07, 6.45) is -0.262. The fourth-order valence-corrected chi connectivity index (χ4v) is 1.80. The number of rotatable bonds is 5. The molecule has 2 aromatic rings. The molecule has 6 nitrogen and oxygen atoms in total. The number of hydrogen-bond donors (Lipinski definition) is 1. The Bertz CT molecular complexity index is 589. The number of benzene rings is 1. The van der Waals surface area contributed by atoms with E-state index in [9.17, 15) is 4.79 Å². The van der Waals surface area contributed by atoms with Gasteiger partial charge in [0.05, 0.1) is 26.2 Å². The van der Waals surface area contributed by atoms with Crippen molar-refractivity contribution in [1.82, 2.24) is 9.97 Å². The molecular formula is C14H14N2O4. The lowest BCUT2D eigenvalue weighted by atomic mass is 10.2. The maximum Gasteiger partial charge on any atom is 0.308 e. The van der Waals surface area contributed by atoms with E-state index in [0.29, 0.717) is 11.4 Å². The summed E-state index contributed by atoms with van der Waals surface area (Å²) in [5.74, 6) is -0.165. The Hall–Kier alpha value is -2.63. The van der Waals surface area contributed by atoms with Crippen molar-refractivity contribution in [3.8, 4) is 23.1 Å². The zero-order valence-corrected chi connectivity index (χ0v) is 11.2. The average molecular weight is 274 g/mol. The van der Waals surface area contributed by atoms with E-state index >= 15 is 0 Å². The molecule has 1 N–H and O–H groups in total. The summed E-state index contributed by atoms with van der Waals surface area (Å²) in [6, 6.07) is 9.32. The smallest absolute Gasteiger partial charge is 0.308 e.